The quantitative estimate of drug-likeness (QED) is 0.790. The number of β-amino-alcohol motifs (C(OH)–C–C–N with tert-alkyl or cyclic N) is 1. The molecule has 3 N–H and O–H groups in total. The van der Waals surface area contributed by atoms with Crippen molar-refractivity contribution >= 4 is 11.7 Å². The summed E-state index contributed by atoms with van der Waals surface area (Å²) in [6.07, 6.45) is 2.45. The Bertz CT molecular complexity index is 421. The van der Waals surface area contributed by atoms with Gasteiger partial charge in [0.15, 0.2) is 0 Å². The maximum atomic E-state index is 12.3. The molecule has 6 nitrogen and oxygen atoms in total. The summed E-state index contributed by atoms with van der Waals surface area (Å²) in [4.78, 5) is 20.3. The lowest BCUT2D eigenvalue weighted by Crippen LogP contribution is -2.36. The maximum absolute atomic E-state index is 12.3. The number of anilines is 1. The summed E-state index contributed by atoms with van der Waals surface area (Å²) < 4.78 is 0. The highest BCUT2D eigenvalue weighted by Crippen LogP contribution is 2.09. The zero-order valence-electron chi connectivity index (χ0n) is 11.0. The first-order chi connectivity index (χ1) is 9.20. The smallest absolute Gasteiger partial charge is 0.255 e. The van der Waals surface area contributed by atoms with E-state index in [9.17, 15) is 4.79 Å². The third-order valence-corrected chi connectivity index (χ3v) is 3.33. The van der Waals surface area contributed by atoms with E-state index >= 15 is 0 Å². The van der Waals surface area contributed by atoms with Crippen molar-refractivity contribution in [2.75, 3.05) is 45.1 Å². The van der Waals surface area contributed by atoms with Crippen molar-refractivity contribution in [3.05, 3.63) is 23.9 Å². The highest BCUT2D eigenvalue weighted by molar-refractivity contribution is 5.94. The lowest BCUT2D eigenvalue weighted by Gasteiger charge is -2.21. The molecule has 0 bridgehead atoms. The minimum atomic E-state index is -0.00153. The first-order valence-electron chi connectivity index (χ1n) is 6.54. The van der Waals surface area contributed by atoms with Crippen molar-refractivity contribution in [3.63, 3.8) is 0 Å². The zero-order valence-corrected chi connectivity index (χ0v) is 11.0. The Hall–Kier alpha value is -1.66. The number of hydrogen-bond donors (Lipinski definition) is 2. The molecule has 1 amide bonds. The molecule has 1 aromatic rings. The fourth-order valence-electron chi connectivity index (χ4n) is 2.25. The van der Waals surface area contributed by atoms with Crippen LogP contribution in [-0.4, -0.2) is 65.1 Å². The van der Waals surface area contributed by atoms with Crippen LogP contribution in [0.5, 0.6) is 0 Å². The number of pyridine rings is 1. The molecule has 1 aliphatic heterocycles. The van der Waals surface area contributed by atoms with Crippen LogP contribution in [0.4, 0.5) is 5.82 Å². The second kappa shape index (κ2) is 6.49. The molecule has 0 atom stereocenters. The van der Waals surface area contributed by atoms with Crippen molar-refractivity contribution in [2.24, 2.45) is 0 Å². The van der Waals surface area contributed by atoms with Crippen molar-refractivity contribution in [3.8, 4) is 0 Å². The molecule has 0 spiro atoms. The van der Waals surface area contributed by atoms with E-state index in [1.807, 2.05) is 4.90 Å². The first-order valence-corrected chi connectivity index (χ1v) is 6.54. The normalized spacial score (nSPS) is 17.2. The van der Waals surface area contributed by atoms with Crippen LogP contribution in [0.25, 0.3) is 0 Å². The molecule has 2 rings (SSSR count). The first kappa shape index (κ1) is 13.8. The largest absolute Gasteiger partial charge is 0.395 e. The number of aliphatic hydroxyl groups is 1. The molecule has 6 heteroatoms. The number of carbonyl (C=O) groups is 1. The molecular weight excluding hydrogens is 244 g/mol. The van der Waals surface area contributed by atoms with E-state index in [1.165, 1.54) is 6.20 Å². The summed E-state index contributed by atoms with van der Waals surface area (Å²) in [5, 5.41) is 8.95. The summed E-state index contributed by atoms with van der Waals surface area (Å²) in [7, 11) is 0. The van der Waals surface area contributed by atoms with Gasteiger partial charge in [-0.25, -0.2) is 4.98 Å². The number of aromatic nitrogens is 1. The Balaban J connectivity index is 1.98. The van der Waals surface area contributed by atoms with Crippen LogP contribution in [0.3, 0.4) is 0 Å². The lowest BCUT2D eigenvalue weighted by atomic mass is 10.2. The van der Waals surface area contributed by atoms with Crippen molar-refractivity contribution in [2.45, 2.75) is 6.42 Å². The van der Waals surface area contributed by atoms with Crippen LogP contribution in [0, 0.1) is 0 Å². The molecule has 1 saturated heterocycles. The predicted molar refractivity (Wildman–Crippen MR) is 72.7 cm³/mol. The molecule has 104 valence electrons. The van der Waals surface area contributed by atoms with Gasteiger partial charge in [0, 0.05) is 32.4 Å². The van der Waals surface area contributed by atoms with E-state index < -0.39 is 0 Å². The summed E-state index contributed by atoms with van der Waals surface area (Å²) in [5.41, 5.74) is 6.09. The maximum Gasteiger partial charge on any atom is 0.255 e. The molecule has 0 aliphatic carbocycles. The van der Waals surface area contributed by atoms with Gasteiger partial charge in [0.1, 0.15) is 5.82 Å². The number of hydrogen-bond acceptors (Lipinski definition) is 5. The molecule has 1 aromatic heterocycles. The van der Waals surface area contributed by atoms with Gasteiger partial charge < -0.3 is 15.7 Å². The molecule has 0 aromatic carbocycles. The van der Waals surface area contributed by atoms with Crippen LogP contribution in [0.15, 0.2) is 18.3 Å². The van der Waals surface area contributed by atoms with E-state index in [0.29, 0.717) is 24.5 Å². The van der Waals surface area contributed by atoms with Crippen LogP contribution >= 0.6 is 0 Å². The van der Waals surface area contributed by atoms with Gasteiger partial charge in [-0.2, -0.15) is 0 Å². The average molecular weight is 264 g/mol. The van der Waals surface area contributed by atoms with Gasteiger partial charge >= 0.3 is 0 Å². The van der Waals surface area contributed by atoms with Crippen molar-refractivity contribution in [1.29, 1.82) is 0 Å². The fraction of sp³-hybridized carbons (Fsp3) is 0.538. The summed E-state index contributed by atoms with van der Waals surface area (Å²) >= 11 is 0. The monoisotopic (exact) mass is 264 g/mol. The predicted octanol–water partition coefficient (Wildman–Crippen LogP) is -0.196. The van der Waals surface area contributed by atoms with E-state index in [4.69, 9.17) is 10.8 Å². The standard InChI is InChI=1S/C13H20N4O2/c14-12-3-2-11(10-15-12)13(19)17-5-1-4-16(6-7-17)8-9-18/h2-3,10,18H,1,4-9H2,(H2,14,15). The van der Waals surface area contributed by atoms with Gasteiger partial charge in [-0.3, -0.25) is 9.69 Å². The molecule has 0 unspecified atom stereocenters. The highest BCUT2D eigenvalue weighted by atomic mass is 16.3. The molecule has 0 saturated carbocycles. The Kier molecular flexibility index (Phi) is 4.70. The van der Waals surface area contributed by atoms with Gasteiger partial charge in [0.2, 0.25) is 0 Å². The third kappa shape index (κ3) is 3.65. The summed E-state index contributed by atoms with van der Waals surface area (Å²) in [6.45, 7) is 3.98. The van der Waals surface area contributed by atoms with Gasteiger partial charge in [-0.05, 0) is 25.1 Å². The Morgan fingerprint density at radius 1 is 1.32 bits per heavy atom. The SMILES string of the molecule is Nc1ccc(C(=O)N2CCCN(CCO)CC2)cn1. The number of aliphatic hydroxyl groups excluding tert-OH is 1. The zero-order chi connectivity index (χ0) is 13.7. The Labute approximate surface area is 112 Å². The number of amides is 1. The van der Waals surface area contributed by atoms with E-state index in [2.05, 4.69) is 9.88 Å². The highest BCUT2D eigenvalue weighted by Gasteiger charge is 2.20. The van der Waals surface area contributed by atoms with Gasteiger partial charge in [-0.15, -0.1) is 0 Å². The second-order valence-electron chi connectivity index (χ2n) is 4.68. The fourth-order valence-corrected chi connectivity index (χ4v) is 2.25. The Morgan fingerprint density at radius 2 is 2.16 bits per heavy atom. The average Bonchev–Trinajstić information content (AvgIpc) is 2.65. The molecule has 19 heavy (non-hydrogen) atoms. The van der Waals surface area contributed by atoms with Crippen LogP contribution in [0.1, 0.15) is 16.8 Å². The Morgan fingerprint density at radius 3 is 2.84 bits per heavy atom. The molecule has 1 aliphatic rings. The minimum Gasteiger partial charge on any atom is -0.395 e. The van der Waals surface area contributed by atoms with Gasteiger partial charge in [0.25, 0.3) is 5.91 Å². The van der Waals surface area contributed by atoms with Gasteiger partial charge in [0.05, 0.1) is 12.2 Å². The molecule has 0 radical (unpaired) electrons. The number of nitrogen functional groups attached to an aromatic ring is 1. The van der Waals surface area contributed by atoms with Crippen LogP contribution < -0.4 is 5.73 Å². The number of nitrogens with two attached hydrogens (primary N) is 1. The molecule has 2 heterocycles. The van der Waals surface area contributed by atoms with E-state index in [1.54, 1.807) is 12.1 Å². The molecular formula is C13H20N4O2. The van der Waals surface area contributed by atoms with Crippen LogP contribution in [0.2, 0.25) is 0 Å². The van der Waals surface area contributed by atoms with Crippen molar-refractivity contribution < 1.29 is 9.90 Å². The van der Waals surface area contributed by atoms with E-state index in [-0.39, 0.29) is 12.5 Å². The summed E-state index contributed by atoms with van der Waals surface area (Å²) in [6, 6.07) is 3.35. The topological polar surface area (TPSA) is 82.7 Å². The van der Waals surface area contributed by atoms with E-state index in [0.717, 1.165) is 26.1 Å². The van der Waals surface area contributed by atoms with Crippen LogP contribution in [-0.2, 0) is 0 Å². The summed E-state index contributed by atoms with van der Waals surface area (Å²) in [5.74, 6) is 0.417. The third-order valence-electron chi connectivity index (χ3n) is 3.33. The number of carbonyl (C=O) groups excluding carboxylic acids is 1. The minimum absolute atomic E-state index is 0.00153. The lowest BCUT2D eigenvalue weighted by molar-refractivity contribution is 0.0760. The van der Waals surface area contributed by atoms with Crippen molar-refractivity contribution in [1.82, 2.24) is 14.8 Å². The molecule has 1 fully saturated rings. The van der Waals surface area contributed by atoms with Gasteiger partial charge in [-0.1, -0.05) is 0 Å². The second-order valence-corrected chi connectivity index (χ2v) is 4.68. The number of rotatable bonds is 3. The number of nitrogens with zero attached hydrogens (tertiary/aromatic N) is 3.